The number of amides is 2. The second-order valence-corrected chi connectivity index (χ2v) is 9.09. The Labute approximate surface area is 212 Å². The van der Waals surface area contributed by atoms with Gasteiger partial charge in [-0.1, -0.05) is 66.7 Å². The molecule has 5 atom stereocenters. The van der Waals surface area contributed by atoms with Crippen LogP contribution in [0.1, 0.15) is 18.1 Å². The highest BCUT2D eigenvalue weighted by atomic mass is 19.2. The van der Waals surface area contributed by atoms with E-state index in [0.29, 0.717) is 11.1 Å². The van der Waals surface area contributed by atoms with Crippen molar-refractivity contribution in [2.24, 2.45) is 17.3 Å². The smallest absolute Gasteiger partial charge is 0.316 e. The van der Waals surface area contributed by atoms with Crippen molar-refractivity contribution in [3.05, 3.63) is 83.9 Å². The van der Waals surface area contributed by atoms with E-state index < -0.39 is 59.6 Å². The molecule has 0 saturated carbocycles. The molecule has 194 valence electrons. The van der Waals surface area contributed by atoms with E-state index in [2.05, 4.69) is 5.32 Å². The van der Waals surface area contributed by atoms with Gasteiger partial charge in [-0.15, -0.1) is 0 Å². The minimum Gasteiger partial charge on any atom is -0.460 e. The number of hydrogen-bond acceptors (Lipinski definition) is 8. The molecule has 1 saturated heterocycles. The van der Waals surface area contributed by atoms with Crippen LogP contribution in [0, 0.1) is 17.3 Å². The van der Waals surface area contributed by atoms with Gasteiger partial charge in [0.25, 0.3) is 0 Å². The van der Waals surface area contributed by atoms with Crippen LogP contribution < -0.4 is 5.32 Å². The van der Waals surface area contributed by atoms with Crippen molar-refractivity contribution in [2.75, 3.05) is 6.61 Å². The van der Waals surface area contributed by atoms with Gasteiger partial charge in [0, 0.05) is 6.08 Å². The summed E-state index contributed by atoms with van der Waals surface area (Å²) in [6, 6.07) is 17.3. The standard InChI is InChI=1S/C27H26FNO8/c1-26(25(34)36-15-18-10-6-3-7-11-18)21(24(33)35-14-17-8-4-2-5-9-17)27(28,16-30)37-22(26)19-12-13-20(31)29-23(19)32/h2-13,19,21-22,30H,14-16H2,1H3,(H,29,31,32)/t19?,21-,22-,26+,27+/m0/s1. The van der Waals surface area contributed by atoms with Crippen LogP contribution in [0.25, 0.3) is 0 Å². The highest BCUT2D eigenvalue weighted by molar-refractivity contribution is 6.05. The van der Waals surface area contributed by atoms with Gasteiger partial charge in [-0.25, -0.2) is 4.39 Å². The highest BCUT2D eigenvalue weighted by Gasteiger charge is 2.72. The summed E-state index contributed by atoms with van der Waals surface area (Å²) in [6.45, 7) is -0.492. The normalized spacial score (nSPS) is 29.0. The van der Waals surface area contributed by atoms with Gasteiger partial charge in [0.2, 0.25) is 17.7 Å². The van der Waals surface area contributed by atoms with Gasteiger partial charge >= 0.3 is 11.9 Å². The number of carbonyl (C=O) groups is 4. The molecule has 0 aromatic heterocycles. The Kier molecular flexibility index (Phi) is 7.51. The third-order valence-electron chi connectivity index (χ3n) is 6.60. The minimum atomic E-state index is -3.07. The summed E-state index contributed by atoms with van der Waals surface area (Å²) >= 11 is 0. The van der Waals surface area contributed by atoms with Crippen LogP contribution in [0.3, 0.4) is 0 Å². The van der Waals surface area contributed by atoms with Crippen molar-refractivity contribution in [1.82, 2.24) is 5.32 Å². The molecule has 2 heterocycles. The fourth-order valence-electron chi connectivity index (χ4n) is 4.70. The van der Waals surface area contributed by atoms with Crippen LogP contribution in [0.2, 0.25) is 0 Å². The number of benzene rings is 2. The van der Waals surface area contributed by atoms with Crippen molar-refractivity contribution in [3.8, 4) is 0 Å². The summed E-state index contributed by atoms with van der Waals surface area (Å²) in [7, 11) is 0. The van der Waals surface area contributed by atoms with E-state index in [0.717, 1.165) is 6.08 Å². The number of aliphatic hydroxyl groups excluding tert-OH is 1. The van der Waals surface area contributed by atoms with Gasteiger partial charge in [-0.05, 0) is 18.1 Å². The average molecular weight is 512 g/mol. The number of carbonyl (C=O) groups excluding carboxylic acids is 4. The molecular weight excluding hydrogens is 485 g/mol. The number of hydrogen-bond donors (Lipinski definition) is 2. The molecule has 37 heavy (non-hydrogen) atoms. The highest BCUT2D eigenvalue weighted by Crippen LogP contribution is 2.54. The van der Waals surface area contributed by atoms with E-state index in [-0.39, 0.29) is 13.2 Å². The van der Waals surface area contributed by atoms with Gasteiger partial charge in [-0.3, -0.25) is 24.5 Å². The van der Waals surface area contributed by atoms with E-state index in [4.69, 9.17) is 14.2 Å². The fourth-order valence-corrected chi connectivity index (χ4v) is 4.70. The van der Waals surface area contributed by atoms with E-state index >= 15 is 4.39 Å². The number of esters is 2. The summed E-state index contributed by atoms with van der Waals surface area (Å²) in [4.78, 5) is 51.2. The van der Waals surface area contributed by atoms with Crippen molar-refractivity contribution in [1.29, 1.82) is 0 Å². The second-order valence-electron chi connectivity index (χ2n) is 9.09. The van der Waals surface area contributed by atoms with Crippen molar-refractivity contribution >= 4 is 23.8 Å². The lowest BCUT2D eigenvalue weighted by atomic mass is 9.68. The Morgan fingerprint density at radius 1 is 1.00 bits per heavy atom. The van der Waals surface area contributed by atoms with E-state index in [1.54, 1.807) is 60.7 Å². The molecule has 4 rings (SSSR count). The first-order valence-electron chi connectivity index (χ1n) is 11.6. The average Bonchev–Trinajstić information content (AvgIpc) is 3.15. The van der Waals surface area contributed by atoms with Gasteiger partial charge in [0.05, 0.1) is 12.0 Å². The van der Waals surface area contributed by atoms with Crippen LogP contribution in [-0.2, 0) is 46.6 Å². The Hall–Kier alpha value is -3.89. The van der Waals surface area contributed by atoms with E-state index in [1.807, 2.05) is 0 Å². The molecule has 2 aliphatic rings. The zero-order valence-electron chi connectivity index (χ0n) is 20.0. The molecule has 10 heteroatoms. The Balaban J connectivity index is 1.69. The van der Waals surface area contributed by atoms with Gasteiger partial charge < -0.3 is 19.3 Å². The number of rotatable bonds is 8. The molecular formula is C27H26FNO8. The number of imide groups is 1. The van der Waals surface area contributed by atoms with Crippen LogP contribution in [-0.4, -0.2) is 47.4 Å². The largest absolute Gasteiger partial charge is 0.460 e. The molecule has 1 fully saturated rings. The molecule has 0 spiro atoms. The van der Waals surface area contributed by atoms with Crippen molar-refractivity contribution in [3.63, 3.8) is 0 Å². The zero-order chi connectivity index (χ0) is 26.6. The molecule has 2 N–H and O–H groups in total. The van der Waals surface area contributed by atoms with Crippen molar-refractivity contribution in [2.45, 2.75) is 32.1 Å². The maximum absolute atomic E-state index is 16.1. The number of ether oxygens (including phenoxy) is 3. The third kappa shape index (κ3) is 5.16. The lowest BCUT2D eigenvalue weighted by molar-refractivity contribution is -0.197. The van der Waals surface area contributed by atoms with Crippen LogP contribution in [0.5, 0.6) is 0 Å². The second kappa shape index (κ2) is 10.6. The summed E-state index contributed by atoms with van der Waals surface area (Å²) < 4.78 is 32.4. The number of halogens is 1. The molecule has 0 radical (unpaired) electrons. The first kappa shape index (κ1) is 26.2. The van der Waals surface area contributed by atoms with Gasteiger partial charge in [-0.2, -0.15) is 0 Å². The van der Waals surface area contributed by atoms with Crippen molar-refractivity contribution < 1.29 is 42.9 Å². The molecule has 0 aliphatic carbocycles. The summed E-state index contributed by atoms with van der Waals surface area (Å²) in [5.41, 5.74) is -0.874. The first-order valence-corrected chi connectivity index (χ1v) is 11.6. The first-order chi connectivity index (χ1) is 17.7. The maximum atomic E-state index is 16.1. The number of aliphatic hydroxyl groups is 1. The molecule has 2 amide bonds. The number of alkyl halides is 1. The minimum absolute atomic E-state index is 0.197. The summed E-state index contributed by atoms with van der Waals surface area (Å²) in [5.74, 6) is -10.1. The summed E-state index contributed by atoms with van der Waals surface area (Å²) in [5, 5.41) is 12.0. The van der Waals surface area contributed by atoms with Crippen LogP contribution in [0.4, 0.5) is 4.39 Å². The topological polar surface area (TPSA) is 128 Å². The molecule has 9 nitrogen and oxygen atoms in total. The van der Waals surface area contributed by atoms with Crippen LogP contribution >= 0.6 is 0 Å². The molecule has 0 bridgehead atoms. The lowest BCUT2D eigenvalue weighted by Crippen LogP contribution is -2.53. The quantitative estimate of drug-likeness (QED) is 0.407. The predicted molar refractivity (Wildman–Crippen MR) is 126 cm³/mol. The number of nitrogens with one attached hydrogen (secondary N) is 1. The van der Waals surface area contributed by atoms with E-state index in [1.165, 1.54) is 13.0 Å². The zero-order valence-corrected chi connectivity index (χ0v) is 20.0. The molecule has 1 unspecified atom stereocenters. The fraction of sp³-hybridized carbons (Fsp3) is 0.333. The Morgan fingerprint density at radius 3 is 2.11 bits per heavy atom. The molecule has 2 aromatic rings. The molecule has 2 aromatic carbocycles. The lowest BCUT2D eigenvalue weighted by Gasteiger charge is -2.34. The predicted octanol–water partition coefficient (Wildman–Crippen LogP) is 1.98. The SMILES string of the molecule is C[C@]1(C(=O)OCc2ccccc2)[C@H](C2C=CC(=O)NC2=O)O[C@](F)(CO)[C@H]1C(=O)OCc1ccccc1. The Bertz CT molecular complexity index is 1200. The van der Waals surface area contributed by atoms with Gasteiger partial charge in [0.1, 0.15) is 31.2 Å². The van der Waals surface area contributed by atoms with Gasteiger partial charge in [0.15, 0.2) is 0 Å². The monoisotopic (exact) mass is 511 g/mol. The van der Waals surface area contributed by atoms with Crippen LogP contribution in [0.15, 0.2) is 72.8 Å². The maximum Gasteiger partial charge on any atom is 0.316 e. The van der Waals surface area contributed by atoms with E-state index in [9.17, 15) is 24.3 Å². The molecule has 2 aliphatic heterocycles. The Morgan fingerprint density at radius 2 is 1.57 bits per heavy atom. The summed E-state index contributed by atoms with van der Waals surface area (Å²) in [6.07, 6.45) is 0.612. The third-order valence-corrected chi connectivity index (χ3v) is 6.60.